The summed E-state index contributed by atoms with van der Waals surface area (Å²) in [7, 11) is 0. The van der Waals surface area contributed by atoms with Crippen LogP contribution in [0.4, 0.5) is 0 Å². The maximum absolute atomic E-state index is 10.7. The zero-order chi connectivity index (χ0) is 9.72. The molecule has 0 aromatic heterocycles. The summed E-state index contributed by atoms with van der Waals surface area (Å²) >= 11 is 0. The lowest BCUT2D eigenvalue weighted by Crippen LogP contribution is -2.26. The lowest BCUT2D eigenvalue weighted by Gasteiger charge is -2.01. The van der Waals surface area contributed by atoms with Crippen molar-refractivity contribution < 1.29 is 9.72 Å². The van der Waals surface area contributed by atoms with E-state index in [0.29, 0.717) is 0 Å². The van der Waals surface area contributed by atoms with E-state index in [1.807, 2.05) is 13.8 Å². The van der Waals surface area contributed by atoms with Crippen LogP contribution in [-0.2, 0) is 4.79 Å². The molecule has 0 aromatic carbocycles. The van der Waals surface area contributed by atoms with Crippen molar-refractivity contribution in [1.82, 2.24) is 0 Å². The van der Waals surface area contributed by atoms with E-state index in [0.717, 1.165) is 5.57 Å². The van der Waals surface area contributed by atoms with Gasteiger partial charge in [0.1, 0.15) is 0 Å². The van der Waals surface area contributed by atoms with Crippen LogP contribution < -0.4 is 0 Å². The number of carbonyl (C=O) groups excluding carboxylic acids is 1. The van der Waals surface area contributed by atoms with E-state index in [9.17, 15) is 14.9 Å². The Bertz CT molecular complexity index is 202. The molecule has 0 aromatic rings. The SMILES string of the molecule is CC(=O)C(CC=C(C)C)[N+](=O)[O-]. The van der Waals surface area contributed by atoms with Crippen molar-refractivity contribution in [1.29, 1.82) is 0 Å². The van der Waals surface area contributed by atoms with E-state index in [-0.39, 0.29) is 6.42 Å². The Hall–Kier alpha value is -1.19. The van der Waals surface area contributed by atoms with Crippen LogP contribution in [0.2, 0.25) is 0 Å². The van der Waals surface area contributed by atoms with Gasteiger partial charge in [0.15, 0.2) is 0 Å². The lowest BCUT2D eigenvalue weighted by molar-refractivity contribution is -0.506. The molecule has 4 nitrogen and oxygen atoms in total. The Labute approximate surface area is 71.4 Å². The van der Waals surface area contributed by atoms with Gasteiger partial charge < -0.3 is 0 Å². The van der Waals surface area contributed by atoms with Crippen LogP contribution in [0.5, 0.6) is 0 Å². The molecule has 0 bridgehead atoms. The number of nitro groups is 1. The van der Waals surface area contributed by atoms with E-state index in [4.69, 9.17) is 0 Å². The van der Waals surface area contributed by atoms with Crippen molar-refractivity contribution in [2.45, 2.75) is 33.2 Å². The fourth-order valence-corrected chi connectivity index (χ4v) is 0.748. The smallest absolute Gasteiger partial charge is 0.273 e. The Morgan fingerprint density at radius 2 is 2.00 bits per heavy atom. The number of rotatable bonds is 4. The van der Waals surface area contributed by atoms with E-state index in [2.05, 4.69) is 0 Å². The summed E-state index contributed by atoms with van der Waals surface area (Å²) in [6, 6.07) is -1.07. The third-order valence-electron chi connectivity index (χ3n) is 1.47. The van der Waals surface area contributed by atoms with Gasteiger partial charge in [0.25, 0.3) is 6.04 Å². The van der Waals surface area contributed by atoms with Crippen molar-refractivity contribution in [2.24, 2.45) is 0 Å². The quantitative estimate of drug-likeness (QED) is 0.366. The first-order chi connectivity index (χ1) is 5.45. The standard InChI is InChI=1S/C8H13NO3/c1-6(2)4-5-8(7(3)10)9(11)12/h4,8H,5H2,1-3H3. The fourth-order valence-electron chi connectivity index (χ4n) is 0.748. The summed E-state index contributed by atoms with van der Waals surface area (Å²) in [5.41, 5.74) is 0.989. The van der Waals surface area contributed by atoms with E-state index in [1.165, 1.54) is 6.92 Å². The van der Waals surface area contributed by atoms with E-state index < -0.39 is 16.7 Å². The molecule has 0 N–H and O–H groups in total. The van der Waals surface area contributed by atoms with Crippen molar-refractivity contribution in [3.8, 4) is 0 Å². The number of hydrogen-bond acceptors (Lipinski definition) is 3. The summed E-state index contributed by atoms with van der Waals surface area (Å²) in [5, 5.41) is 10.3. The second-order valence-corrected chi connectivity index (χ2v) is 2.93. The monoisotopic (exact) mass is 171 g/mol. The van der Waals surface area contributed by atoms with Gasteiger partial charge in [-0.05, 0) is 13.8 Å². The first-order valence-electron chi connectivity index (χ1n) is 3.72. The molecule has 1 atom stereocenters. The molecular formula is C8H13NO3. The third kappa shape index (κ3) is 3.85. The van der Waals surface area contributed by atoms with Crippen LogP contribution >= 0.6 is 0 Å². The molecule has 12 heavy (non-hydrogen) atoms. The molecule has 0 amide bonds. The highest BCUT2D eigenvalue weighted by Crippen LogP contribution is 2.02. The number of Topliss-reactive ketones (excluding diaryl/α,β-unsaturated/α-hetero) is 1. The maximum atomic E-state index is 10.7. The highest BCUT2D eigenvalue weighted by atomic mass is 16.6. The Kier molecular flexibility index (Phi) is 4.18. The Morgan fingerprint density at radius 1 is 1.50 bits per heavy atom. The molecule has 0 spiro atoms. The van der Waals surface area contributed by atoms with Gasteiger partial charge in [-0.15, -0.1) is 0 Å². The molecular weight excluding hydrogens is 158 g/mol. The summed E-state index contributed by atoms with van der Waals surface area (Å²) in [5.74, 6) is -0.391. The zero-order valence-corrected chi connectivity index (χ0v) is 7.53. The number of ketones is 1. The van der Waals surface area contributed by atoms with Gasteiger partial charge in [-0.25, -0.2) is 0 Å². The maximum Gasteiger partial charge on any atom is 0.273 e. The number of hydrogen-bond donors (Lipinski definition) is 0. The van der Waals surface area contributed by atoms with Gasteiger partial charge in [0, 0.05) is 18.3 Å². The number of allylic oxidation sites excluding steroid dienone is 1. The average molecular weight is 171 g/mol. The predicted octanol–water partition coefficient (Wildman–Crippen LogP) is 1.58. The fraction of sp³-hybridized carbons (Fsp3) is 0.625. The van der Waals surface area contributed by atoms with Crippen LogP contribution in [0.25, 0.3) is 0 Å². The van der Waals surface area contributed by atoms with E-state index >= 15 is 0 Å². The van der Waals surface area contributed by atoms with Gasteiger partial charge in [0.2, 0.25) is 5.78 Å². The van der Waals surface area contributed by atoms with Crippen LogP contribution in [-0.4, -0.2) is 16.7 Å². The molecule has 0 rings (SSSR count). The van der Waals surface area contributed by atoms with Gasteiger partial charge in [-0.2, -0.15) is 0 Å². The van der Waals surface area contributed by atoms with Crippen LogP contribution in [0.3, 0.4) is 0 Å². The van der Waals surface area contributed by atoms with Crippen molar-refractivity contribution in [3.63, 3.8) is 0 Å². The van der Waals surface area contributed by atoms with Crippen molar-refractivity contribution in [3.05, 3.63) is 21.8 Å². The second kappa shape index (κ2) is 4.64. The normalized spacial score (nSPS) is 11.9. The van der Waals surface area contributed by atoms with Crippen LogP contribution in [0, 0.1) is 10.1 Å². The van der Waals surface area contributed by atoms with Gasteiger partial charge >= 0.3 is 0 Å². The molecule has 0 aliphatic carbocycles. The summed E-state index contributed by atoms with van der Waals surface area (Å²) < 4.78 is 0. The molecule has 1 unspecified atom stereocenters. The van der Waals surface area contributed by atoms with Gasteiger partial charge in [0.05, 0.1) is 0 Å². The molecule has 0 radical (unpaired) electrons. The predicted molar refractivity (Wildman–Crippen MR) is 45.5 cm³/mol. The zero-order valence-electron chi connectivity index (χ0n) is 7.53. The molecule has 68 valence electrons. The molecule has 0 fully saturated rings. The molecule has 0 heterocycles. The molecule has 0 aliphatic rings. The molecule has 4 heteroatoms. The first-order valence-corrected chi connectivity index (χ1v) is 3.72. The van der Waals surface area contributed by atoms with Crippen molar-refractivity contribution >= 4 is 5.78 Å². The number of nitrogens with zero attached hydrogens (tertiary/aromatic N) is 1. The highest BCUT2D eigenvalue weighted by molar-refractivity contribution is 5.80. The molecule has 0 aliphatic heterocycles. The summed E-state index contributed by atoms with van der Waals surface area (Å²) in [6.45, 7) is 4.93. The lowest BCUT2D eigenvalue weighted by atomic mass is 10.1. The average Bonchev–Trinajstić information content (AvgIpc) is 1.84. The Balaban J connectivity index is 4.25. The minimum absolute atomic E-state index is 0.199. The summed E-state index contributed by atoms with van der Waals surface area (Å²) in [6.07, 6.45) is 1.90. The summed E-state index contributed by atoms with van der Waals surface area (Å²) in [4.78, 5) is 20.5. The van der Waals surface area contributed by atoms with Crippen molar-refractivity contribution in [2.75, 3.05) is 0 Å². The third-order valence-corrected chi connectivity index (χ3v) is 1.47. The molecule has 0 saturated heterocycles. The van der Waals surface area contributed by atoms with E-state index in [1.54, 1.807) is 6.08 Å². The van der Waals surface area contributed by atoms with Gasteiger partial charge in [-0.1, -0.05) is 11.6 Å². The second-order valence-electron chi connectivity index (χ2n) is 2.93. The van der Waals surface area contributed by atoms with Crippen LogP contribution in [0.15, 0.2) is 11.6 Å². The Morgan fingerprint density at radius 3 is 2.25 bits per heavy atom. The minimum atomic E-state index is -1.07. The first kappa shape index (κ1) is 10.8. The largest absolute Gasteiger partial charge is 0.292 e. The van der Waals surface area contributed by atoms with Crippen LogP contribution in [0.1, 0.15) is 27.2 Å². The highest BCUT2D eigenvalue weighted by Gasteiger charge is 2.23. The number of carbonyl (C=O) groups is 1. The van der Waals surface area contributed by atoms with Gasteiger partial charge in [-0.3, -0.25) is 14.9 Å². The minimum Gasteiger partial charge on any atom is -0.292 e. The topological polar surface area (TPSA) is 60.2 Å². The molecule has 0 saturated carbocycles.